The Morgan fingerprint density at radius 2 is 0.494 bits per heavy atom. The van der Waals surface area contributed by atoms with Crippen LogP contribution >= 0.6 is 0 Å². The lowest BCUT2D eigenvalue weighted by molar-refractivity contribution is -0.167. The molecule has 0 amide bonds. The second-order valence-corrected chi connectivity index (χ2v) is 22.0. The van der Waals surface area contributed by atoms with Gasteiger partial charge in [-0.25, -0.2) is 0 Å². The summed E-state index contributed by atoms with van der Waals surface area (Å²) in [5.41, 5.74) is 0. The van der Waals surface area contributed by atoms with E-state index in [9.17, 15) is 14.4 Å². The SMILES string of the molecule is CC/C=C\C/C=C\C/C=C\C/C=C\C/C=C\C/C=C\C/C=C\C/C=C\CCCCCCC(=O)OCC(COC(=O)CCCCCCCCCCCCC)OC(=O)CCCCCCCCCCC/C=C\CCCCCCCCCC. The number of allylic oxidation sites excluding steroid dienone is 18. The number of ether oxygens (including phenoxy) is 3. The minimum absolute atomic E-state index is 0.0851. The summed E-state index contributed by atoms with van der Waals surface area (Å²) in [7, 11) is 0. The summed E-state index contributed by atoms with van der Waals surface area (Å²) in [5.74, 6) is -0.904. The molecule has 79 heavy (non-hydrogen) atoms. The van der Waals surface area contributed by atoms with Gasteiger partial charge in [-0.3, -0.25) is 14.4 Å². The Hall–Kier alpha value is -3.93. The Labute approximate surface area is 489 Å². The van der Waals surface area contributed by atoms with E-state index >= 15 is 0 Å². The van der Waals surface area contributed by atoms with E-state index in [1.54, 1.807) is 0 Å². The van der Waals surface area contributed by atoms with Crippen molar-refractivity contribution in [2.24, 2.45) is 0 Å². The first kappa shape index (κ1) is 75.1. The third kappa shape index (κ3) is 64.8. The molecule has 0 aliphatic carbocycles. The van der Waals surface area contributed by atoms with Gasteiger partial charge in [-0.15, -0.1) is 0 Å². The van der Waals surface area contributed by atoms with Crippen LogP contribution in [0.1, 0.15) is 316 Å². The topological polar surface area (TPSA) is 78.9 Å². The maximum atomic E-state index is 12.9. The zero-order valence-electron chi connectivity index (χ0n) is 51.9. The van der Waals surface area contributed by atoms with Crippen molar-refractivity contribution in [1.29, 1.82) is 0 Å². The predicted molar refractivity (Wildman–Crippen MR) is 343 cm³/mol. The molecule has 0 aliphatic rings. The second-order valence-electron chi connectivity index (χ2n) is 22.0. The van der Waals surface area contributed by atoms with Gasteiger partial charge in [0.15, 0.2) is 6.10 Å². The van der Waals surface area contributed by atoms with E-state index in [-0.39, 0.29) is 31.1 Å². The highest BCUT2D eigenvalue weighted by atomic mass is 16.6. The van der Waals surface area contributed by atoms with E-state index in [0.717, 1.165) is 122 Å². The molecule has 0 aromatic heterocycles. The van der Waals surface area contributed by atoms with Gasteiger partial charge in [-0.1, -0.05) is 297 Å². The smallest absolute Gasteiger partial charge is 0.306 e. The Kier molecular flexibility index (Phi) is 63.3. The number of esters is 3. The minimum Gasteiger partial charge on any atom is -0.462 e. The molecular weight excluding hydrogens is 973 g/mol. The fourth-order valence-electron chi connectivity index (χ4n) is 9.28. The van der Waals surface area contributed by atoms with Crippen molar-refractivity contribution >= 4 is 17.9 Å². The molecule has 6 heteroatoms. The lowest BCUT2D eigenvalue weighted by Gasteiger charge is -2.18. The van der Waals surface area contributed by atoms with Crippen molar-refractivity contribution in [2.45, 2.75) is 322 Å². The summed E-state index contributed by atoms with van der Waals surface area (Å²) in [5, 5.41) is 0. The third-order valence-corrected chi connectivity index (χ3v) is 14.3. The predicted octanol–water partition coefficient (Wildman–Crippen LogP) is 23.0. The average Bonchev–Trinajstić information content (AvgIpc) is 3.45. The lowest BCUT2D eigenvalue weighted by atomic mass is 10.1. The Balaban J connectivity index is 4.33. The molecule has 0 aromatic carbocycles. The van der Waals surface area contributed by atoms with Crippen molar-refractivity contribution in [3.63, 3.8) is 0 Å². The maximum absolute atomic E-state index is 12.9. The number of carbonyl (C=O) groups is 3. The Morgan fingerprint density at radius 1 is 0.266 bits per heavy atom. The molecule has 0 bridgehead atoms. The van der Waals surface area contributed by atoms with E-state index in [1.807, 2.05) is 0 Å². The molecule has 0 aromatic rings. The molecule has 0 N–H and O–H groups in total. The van der Waals surface area contributed by atoms with E-state index in [4.69, 9.17) is 14.2 Å². The van der Waals surface area contributed by atoms with Gasteiger partial charge < -0.3 is 14.2 Å². The van der Waals surface area contributed by atoms with Gasteiger partial charge in [0, 0.05) is 19.3 Å². The van der Waals surface area contributed by atoms with Crippen LogP contribution in [-0.2, 0) is 28.6 Å². The Bertz CT molecular complexity index is 1590. The normalized spacial score (nSPS) is 12.8. The van der Waals surface area contributed by atoms with Crippen LogP contribution in [0.15, 0.2) is 109 Å². The number of carbonyl (C=O) groups excluding carboxylic acids is 3. The van der Waals surface area contributed by atoms with Gasteiger partial charge in [0.1, 0.15) is 13.2 Å². The van der Waals surface area contributed by atoms with Gasteiger partial charge >= 0.3 is 17.9 Å². The van der Waals surface area contributed by atoms with Crippen LogP contribution in [0.3, 0.4) is 0 Å². The van der Waals surface area contributed by atoms with E-state index in [2.05, 4.69) is 130 Å². The van der Waals surface area contributed by atoms with Crippen LogP contribution in [0, 0.1) is 0 Å². The quantitative estimate of drug-likeness (QED) is 0.0261. The van der Waals surface area contributed by atoms with Crippen molar-refractivity contribution in [2.75, 3.05) is 13.2 Å². The summed E-state index contributed by atoms with van der Waals surface area (Å²) in [6, 6.07) is 0. The molecule has 0 rings (SSSR count). The highest BCUT2D eigenvalue weighted by Crippen LogP contribution is 2.16. The van der Waals surface area contributed by atoms with Crippen LogP contribution in [0.25, 0.3) is 0 Å². The van der Waals surface area contributed by atoms with Crippen LogP contribution < -0.4 is 0 Å². The van der Waals surface area contributed by atoms with Crippen molar-refractivity contribution in [1.82, 2.24) is 0 Å². The maximum Gasteiger partial charge on any atom is 0.306 e. The molecule has 6 nitrogen and oxygen atoms in total. The highest BCUT2D eigenvalue weighted by molar-refractivity contribution is 5.71. The lowest BCUT2D eigenvalue weighted by Crippen LogP contribution is -2.30. The molecule has 0 saturated heterocycles. The minimum atomic E-state index is -0.790. The molecule has 0 aliphatic heterocycles. The van der Waals surface area contributed by atoms with Gasteiger partial charge in [0.05, 0.1) is 0 Å². The first-order chi connectivity index (χ1) is 39.0. The number of hydrogen-bond donors (Lipinski definition) is 0. The average molecular weight is 1100 g/mol. The van der Waals surface area contributed by atoms with E-state index in [0.29, 0.717) is 19.3 Å². The van der Waals surface area contributed by atoms with Crippen LogP contribution in [0.2, 0.25) is 0 Å². The van der Waals surface area contributed by atoms with Crippen LogP contribution in [0.4, 0.5) is 0 Å². The number of rotatable bonds is 60. The fraction of sp³-hybridized carbons (Fsp3) is 0.712. The standard InChI is InChI=1S/C73H124O6/c1-4-7-10-13-16-19-22-24-26-28-30-32-33-34-35-36-37-38-39-41-42-44-46-48-51-54-57-60-63-66-72(75)78-69-70(68-77-71(74)65-62-59-56-53-50-21-18-15-12-9-6-3)79-73(76)67-64-61-58-55-52-49-47-45-43-40-31-29-27-25-23-20-17-14-11-8-5-2/h7,10,16,19,24,26,29-32,34-35,37-38,41-42,46,48,70H,4-6,8-9,11-15,17-18,20-23,25,27-28,33,36,39-40,43-45,47,49-69H2,1-3H3/b10-7-,19-16-,26-24-,31-29-,32-30-,35-34-,38-37-,42-41-,48-46-. The van der Waals surface area contributed by atoms with Gasteiger partial charge in [0.2, 0.25) is 0 Å². The summed E-state index contributed by atoms with van der Waals surface area (Å²) >= 11 is 0. The molecule has 1 unspecified atom stereocenters. The zero-order chi connectivity index (χ0) is 57.1. The van der Waals surface area contributed by atoms with Gasteiger partial charge in [-0.2, -0.15) is 0 Å². The van der Waals surface area contributed by atoms with Gasteiger partial charge in [0.25, 0.3) is 0 Å². The van der Waals surface area contributed by atoms with E-state index in [1.165, 1.54) is 154 Å². The first-order valence-electron chi connectivity index (χ1n) is 33.4. The third-order valence-electron chi connectivity index (χ3n) is 14.3. The van der Waals surface area contributed by atoms with Crippen molar-refractivity contribution < 1.29 is 28.6 Å². The zero-order valence-corrected chi connectivity index (χ0v) is 51.9. The first-order valence-corrected chi connectivity index (χ1v) is 33.4. The second kappa shape index (κ2) is 66.6. The van der Waals surface area contributed by atoms with E-state index < -0.39 is 6.10 Å². The molecular formula is C73H124O6. The van der Waals surface area contributed by atoms with Crippen molar-refractivity contribution in [3.8, 4) is 0 Å². The summed E-state index contributed by atoms with van der Waals surface area (Å²) in [4.78, 5) is 38.3. The molecule has 0 saturated carbocycles. The molecule has 0 radical (unpaired) electrons. The molecule has 0 fully saturated rings. The monoisotopic (exact) mass is 1100 g/mol. The molecule has 0 heterocycles. The molecule has 452 valence electrons. The summed E-state index contributed by atoms with van der Waals surface area (Å²) in [6.45, 7) is 6.52. The van der Waals surface area contributed by atoms with Gasteiger partial charge in [-0.05, 0) is 109 Å². The summed E-state index contributed by atoms with van der Waals surface area (Å²) in [6.07, 6.45) is 91.0. The largest absolute Gasteiger partial charge is 0.462 e. The molecule has 0 spiro atoms. The van der Waals surface area contributed by atoms with Crippen LogP contribution in [-0.4, -0.2) is 37.2 Å². The fourth-order valence-corrected chi connectivity index (χ4v) is 9.28. The Morgan fingerprint density at radius 3 is 0.785 bits per heavy atom. The number of unbranched alkanes of at least 4 members (excludes halogenated alkanes) is 31. The molecule has 1 atom stereocenters. The van der Waals surface area contributed by atoms with Crippen molar-refractivity contribution in [3.05, 3.63) is 109 Å². The van der Waals surface area contributed by atoms with Crippen LogP contribution in [0.5, 0.6) is 0 Å². The highest BCUT2D eigenvalue weighted by Gasteiger charge is 2.19. The number of hydrogen-bond acceptors (Lipinski definition) is 6. The summed E-state index contributed by atoms with van der Waals surface area (Å²) < 4.78 is 16.9.